The summed E-state index contributed by atoms with van der Waals surface area (Å²) in [6.45, 7) is 7.73. The van der Waals surface area contributed by atoms with Crippen molar-refractivity contribution in [2.45, 2.75) is 51.7 Å². The van der Waals surface area contributed by atoms with E-state index in [4.69, 9.17) is 14.6 Å². The van der Waals surface area contributed by atoms with Crippen LogP contribution in [0.5, 0.6) is 0 Å². The summed E-state index contributed by atoms with van der Waals surface area (Å²) in [6, 6.07) is 15.1. The van der Waals surface area contributed by atoms with Gasteiger partial charge in [-0.25, -0.2) is 4.79 Å². The summed E-state index contributed by atoms with van der Waals surface area (Å²) in [5, 5.41) is 11.6. The van der Waals surface area contributed by atoms with Crippen molar-refractivity contribution in [3.63, 3.8) is 0 Å². The second kappa shape index (κ2) is 11.4. The SMILES string of the molecule is CCN(CCC(=O)O)C(=O)[C@H](COC(C)(C)C)NC(=O)OCC1c2ccccc2-c2ccccc21. The zero-order valence-corrected chi connectivity index (χ0v) is 20.7. The molecule has 8 heteroatoms. The number of hydrogen-bond acceptors (Lipinski definition) is 5. The largest absolute Gasteiger partial charge is 0.481 e. The Morgan fingerprint density at radius 3 is 2.11 bits per heavy atom. The lowest BCUT2D eigenvalue weighted by Crippen LogP contribution is -2.52. The zero-order valence-electron chi connectivity index (χ0n) is 20.7. The van der Waals surface area contributed by atoms with Gasteiger partial charge in [-0.15, -0.1) is 0 Å². The van der Waals surface area contributed by atoms with E-state index in [1.807, 2.05) is 57.2 Å². The molecule has 2 amide bonds. The standard InChI is InChI=1S/C27H34N2O6/c1-5-29(15-14-24(30)31)25(32)23(17-35-27(2,3)4)28-26(33)34-16-22-20-12-8-6-10-18(20)19-11-7-9-13-21(19)22/h6-13,22-23H,5,14-17H2,1-4H3,(H,28,33)(H,30,31)/t23-/m0/s1. The number of rotatable bonds is 10. The smallest absolute Gasteiger partial charge is 0.407 e. The molecule has 2 aromatic rings. The molecule has 0 saturated carbocycles. The lowest BCUT2D eigenvalue weighted by Gasteiger charge is -2.29. The van der Waals surface area contributed by atoms with Crippen molar-refractivity contribution < 1.29 is 29.0 Å². The van der Waals surface area contributed by atoms with E-state index in [1.165, 1.54) is 4.90 Å². The molecule has 0 unspecified atom stereocenters. The van der Waals surface area contributed by atoms with Crippen molar-refractivity contribution >= 4 is 18.0 Å². The number of amides is 2. The van der Waals surface area contributed by atoms with Gasteiger partial charge in [-0.05, 0) is 49.9 Å². The molecule has 2 aromatic carbocycles. The summed E-state index contributed by atoms with van der Waals surface area (Å²) < 4.78 is 11.4. The number of alkyl carbamates (subject to hydrolysis) is 1. The summed E-state index contributed by atoms with van der Waals surface area (Å²) in [5.74, 6) is -1.51. The van der Waals surface area contributed by atoms with E-state index < -0.39 is 29.6 Å². The quantitative estimate of drug-likeness (QED) is 0.530. The number of hydrogen-bond donors (Lipinski definition) is 2. The van der Waals surface area contributed by atoms with Crippen LogP contribution in [0.1, 0.15) is 51.2 Å². The minimum absolute atomic E-state index is 0.0447. The van der Waals surface area contributed by atoms with Gasteiger partial charge in [0.15, 0.2) is 0 Å². The number of likely N-dealkylation sites (N-methyl/N-ethyl adjacent to an activating group) is 1. The fraction of sp³-hybridized carbons (Fsp3) is 0.444. The van der Waals surface area contributed by atoms with Crippen LogP contribution in [0, 0.1) is 0 Å². The normalized spacial score (nSPS) is 13.5. The van der Waals surface area contributed by atoms with Crippen molar-refractivity contribution in [3.05, 3.63) is 59.7 Å². The minimum atomic E-state index is -1.00. The van der Waals surface area contributed by atoms with Gasteiger partial charge in [-0.1, -0.05) is 48.5 Å². The monoisotopic (exact) mass is 482 g/mol. The van der Waals surface area contributed by atoms with Gasteiger partial charge in [-0.2, -0.15) is 0 Å². The van der Waals surface area contributed by atoms with E-state index in [0.717, 1.165) is 22.3 Å². The molecule has 2 N–H and O–H groups in total. The van der Waals surface area contributed by atoms with E-state index in [1.54, 1.807) is 6.92 Å². The van der Waals surface area contributed by atoms with Gasteiger partial charge in [0.2, 0.25) is 5.91 Å². The van der Waals surface area contributed by atoms with E-state index in [0.29, 0.717) is 6.54 Å². The molecular formula is C27H34N2O6. The average molecular weight is 483 g/mol. The predicted octanol–water partition coefficient (Wildman–Crippen LogP) is 4.03. The fourth-order valence-corrected chi connectivity index (χ4v) is 4.17. The van der Waals surface area contributed by atoms with E-state index in [-0.39, 0.29) is 32.1 Å². The number of nitrogens with zero attached hydrogens (tertiary/aromatic N) is 1. The number of benzene rings is 2. The van der Waals surface area contributed by atoms with E-state index in [9.17, 15) is 14.4 Å². The van der Waals surface area contributed by atoms with Gasteiger partial charge in [0.05, 0.1) is 18.6 Å². The molecule has 0 saturated heterocycles. The van der Waals surface area contributed by atoms with Crippen LogP contribution in [0.3, 0.4) is 0 Å². The molecule has 1 aliphatic rings. The number of aliphatic carboxylic acids is 1. The maximum Gasteiger partial charge on any atom is 0.407 e. The Morgan fingerprint density at radius 2 is 1.60 bits per heavy atom. The average Bonchev–Trinajstić information content (AvgIpc) is 3.13. The zero-order chi connectivity index (χ0) is 25.6. The predicted molar refractivity (Wildman–Crippen MR) is 132 cm³/mol. The van der Waals surface area contributed by atoms with Crippen LogP contribution in [0.2, 0.25) is 0 Å². The highest BCUT2D eigenvalue weighted by molar-refractivity contribution is 5.86. The molecule has 8 nitrogen and oxygen atoms in total. The number of carboxylic acid groups (broad SMARTS) is 1. The fourth-order valence-electron chi connectivity index (χ4n) is 4.17. The topological polar surface area (TPSA) is 105 Å². The Kier molecular flexibility index (Phi) is 8.51. The lowest BCUT2D eigenvalue weighted by molar-refractivity contribution is -0.140. The molecule has 0 spiro atoms. The Morgan fingerprint density at radius 1 is 1.03 bits per heavy atom. The van der Waals surface area contributed by atoms with Gasteiger partial charge < -0.3 is 24.8 Å². The first-order valence-electron chi connectivity index (χ1n) is 11.9. The molecule has 188 valence electrons. The molecule has 0 aliphatic heterocycles. The molecule has 0 radical (unpaired) electrons. The first kappa shape index (κ1) is 26.2. The Balaban J connectivity index is 1.69. The Bertz CT molecular complexity index is 1020. The molecular weight excluding hydrogens is 448 g/mol. The van der Waals surface area contributed by atoms with Crippen LogP contribution in [-0.2, 0) is 19.1 Å². The number of nitrogens with one attached hydrogen (secondary N) is 1. The number of carbonyl (C=O) groups excluding carboxylic acids is 2. The van der Waals surface area contributed by atoms with Crippen molar-refractivity contribution in [2.24, 2.45) is 0 Å². The highest BCUT2D eigenvalue weighted by Crippen LogP contribution is 2.44. The van der Waals surface area contributed by atoms with Crippen molar-refractivity contribution in [2.75, 3.05) is 26.3 Å². The third-order valence-corrected chi connectivity index (χ3v) is 5.91. The Hall–Kier alpha value is -3.39. The van der Waals surface area contributed by atoms with E-state index >= 15 is 0 Å². The van der Waals surface area contributed by atoms with Gasteiger partial charge in [0.1, 0.15) is 12.6 Å². The second-order valence-corrected chi connectivity index (χ2v) is 9.51. The molecule has 0 aromatic heterocycles. The maximum absolute atomic E-state index is 13.1. The van der Waals surface area contributed by atoms with Crippen molar-refractivity contribution in [1.29, 1.82) is 0 Å². The number of ether oxygens (including phenoxy) is 2. The highest BCUT2D eigenvalue weighted by Gasteiger charge is 2.31. The number of carboxylic acids is 1. The lowest BCUT2D eigenvalue weighted by atomic mass is 9.98. The van der Waals surface area contributed by atoms with E-state index in [2.05, 4.69) is 17.4 Å². The summed E-state index contributed by atoms with van der Waals surface area (Å²) in [4.78, 5) is 38.3. The van der Waals surface area contributed by atoms with Crippen LogP contribution in [0.25, 0.3) is 11.1 Å². The minimum Gasteiger partial charge on any atom is -0.481 e. The Labute approximate surface area is 206 Å². The maximum atomic E-state index is 13.1. The van der Waals surface area contributed by atoms with Crippen molar-refractivity contribution in [1.82, 2.24) is 10.2 Å². The summed E-state index contributed by atoms with van der Waals surface area (Å²) in [6.07, 6.45) is -0.908. The van der Waals surface area contributed by atoms with Crippen LogP contribution >= 0.6 is 0 Å². The molecule has 35 heavy (non-hydrogen) atoms. The first-order valence-corrected chi connectivity index (χ1v) is 11.9. The number of fused-ring (bicyclic) bond motifs is 3. The van der Waals surface area contributed by atoms with Crippen LogP contribution < -0.4 is 5.32 Å². The van der Waals surface area contributed by atoms with Crippen LogP contribution in [0.4, 0.5) is 4.79 Å². The summed E-state index contributed by atoms with van der Waals surface area (Å²) >= 11 is 0. The molecule has 0 bridgehead atoms. The third kappa shape index (κ3) is 6.82. The van der Waals surface area contributed by atoms with Gasteiger partial charge in [0.25, 0.3) is 0 Å². The second-order valence-electron chi connectivity index (χ2n) is 9.51. The van der Waals surface area contributed by atoms with Gasteiger partial charge in [0, 0.05) is 19.0 Å². The first-order chi connectivity index (χ1) is 16.6. The van der Waals surface area contributed by atoms with Gasteiger partial charge >= 0.3 is 12.1 Å². The van der Waals surface area contributed by atoms with Crippen LogP contribution in [0.15, 0.2) is 48.5 Å². The van der Waals surface area contributed by atoms with Gasteiger partial charge in [-0.3, -0.25) is 9.59 Å². The summed E-state index contributed by atoms with van der Waals surface area (Å²) in [5.41, 5.74) is 3.91. The molecule has 0 heterocycles. The van der Waals surface area contributed by atoms with Crippen molar-refractivity contribution in [3.8, 4) is 11.1 Å². The molecule has 1 aliphatic carbocycles. The third-order valence-electron chi connectivity index (χ3n) is 5.91. The molecule has 1 atom stereocenters. The molecule has 0 fully saturated rings. The molecule has 3 rings (SSSR count). The number of carbonyl (C=O) groups is 3. The highest BCUT2D eigenvalue weighted by atomic mass is 16.5. The van der Waals surface area contributed by atoms with Crippen LogP contribution in [-0.4, -0.2) is 65.9 Å². The summed E-state index contributed by atoms with van der Waals surface area (Å²) in [7, 11) is 0.